The number of carbonyl (C=O) groups is 6. The van der Waals surface area contributed by atoms with Gasteiger partial charge in [0.15, 0.2) is 40.4 Å². The maximum absolute atomic E-state index is 13.6. The normalized spacial score (nSPS) is 34.1. The zero-order chi connectivity index (χ0) is 23.7. The Kier molecular flexibility index (Phi) is 5.02. The van der Waals surface area contributed by atoms with Gasteiger partial charge in [-0.05, 0) is 45.3 Å². The van der Waals surface area contributed by atoms with Gasteiger partial charge < -0.3 is 10.8 Å². The Bertz CT molecular complexity index is 1110. The summed E-state index contributed by atoms with van der Waals surface area (Å²) >= 11 is 0. The molecule has 4 rings (SSSR count). The molecule has 0 bridgehead atoms. The Morgan fingerprint density at radius 2 is 1.78 bits per heavy atom. The van der Waals surface area contributed by atoms with Crippen molar-refractivity contribution in [2.24, 2.45) is 29.4 Å². The Balaban J connectivity index is 1.87. The highest BCUT2D eigenvalue weighted by Crippen LogP contribution is 2.50. The summed E-state index contributed by atoms with van der Waals surface area (Å²) < 4.78 is 0. The van der Waals surface area contributed by atoms with Gasteiger partial charge in [0, 0.05) is 17.0 Å². The van der Waals surface area contributed by atoms with Crippen molar-refractivity contribution in [1.82, 2.24) is 4.90 Å². The predicted molar refractivity (Wildman–Crippen MR) is 110 cm³/mol. The highest BCUT2D eigenvalue weighted by atomic mass is 16.3. The molecule has 0 saturated heterocycles. The Morgan fingerprint density at radius 3 is 2.34 bits per heavy atom. The number of ketones is 5. The van der Waals surface area contributed by atoms with E-state index in [0.29, 0.717) is 11.1 Å². The van der Waals surface area contributed by atoms with Crippen molar-refractivity contribution in [2.75, 3.05) is 14.1 Å². The van der Waals surface area contributed by atoms with Gasteiger partial charge in [0.1, 0.15) is 0 Å². The minimum Gasteiger partial charge on any atom is -0.374 e. The summed E-state index contributed by atoms with van der Waals surface area (Å²) in [5, 5.41) is 11.4. The number of Topliss-reactive ketones (excluding diaryl/α,β-unsaturated/α-hetero) is 5. The van der Waals surface area contributed by atoms with Crippen LogP contribution in [0, 0.1) is 23.7 Å². The third kappa shape index (κ3) is 2.77. The summed E-state index contributed by atoms with van der Waals surface area (Å²) in [5.41, 5.74) is 3.75. The lowest BCUT2D eigenvalue weighted by Crippen LogP contribution is -2.74. The molecule has 1 aromatic rings. The van der Waals surface area contributed by atoms with E-state index in [-0.39, 0.29) is 24.2 Å². The van der Waals surface area contributed by atoms with Crippen molar-refractivity contribution in [3.05, 3.63) is 34.9 Å². The summed E-state index contributed by atoms with van der Waals surface area (Å²) in [7, 11) is 3.09. The third-order valence-corrected chi connectivity index (χ3v) is 7.23. The molecule has 0 aromatic heterocycles. The van der Waals surface area contributed by atoms with Gasteiger partial charge in [0.25, 0.3) is 0 Å². The average molecular weight is 440 g/mol. The average Bonchev–Trinajstić information content (AvgIpc) is 2.70. The first-order valence-corrected chi connectivity index (χ1v) is 10.4. The minimum absolute atomic E-state index is 0.0239. The standard InChI is InChI=1S/C23H24N2O7/c1-9(26)11-5-4-6-12-13(11)7-10-8-14-17(25(2)3)19(28)16(22(24)31)21(30)23(14,32)20(29)15(10)18(12)27/h4-6,10,14-17,32H,7-8H2,1-3H3,(H2,24,31)/t10-,14-,15?,16?,17-,23-/m0/s1. The highest BCUT2D eigenvalue weighted by Gasteiger charge is 2.69. The van der Waals surface area contributed by atoms with Gasteiger partial charge in [0.2, 0.25) is 5.91 Å². The van der Waals surface area contributed by atoms with Crippen LogP contribution < -0.4 is 5.73 Å². The van der Waals surface area contributed by atoms with Crippen molar-refractivity contribution < 1.29 is 33.9 Å². The van der Waals surface area contributed by atoms with Gasteiger partial charge in [0.05, 0.1) is 12.0 Å². The smallest absolute Gasteiger partial charge is 0.235 e. The number of amides is 1. The molecule has 0 aliphatic heterocycles. The van der Waals surface area contributed by atoms with Crippen molar-refractivity contribution in [3.63, 3.8) is 0 Å². The second kappa shape index (κ2) is 7.25. The Hall–Kier alpha value is -3.04. The summed E-state index contributed by atoms with van der Waals surface area (Å²) in [6.45, 7) is 1.39. The summed E-state index contributed by atoms with van der Waals surface area (Å²) in [5.74, 6) is -10.0. The molecule has 0 radical (unpaired) electrons. The molecule has 32 heavy (non-hydrogen) atoms. The molecular weight excluding hydrogens is 416 g/mol. The lowest BCUT2D eigenvalue weighted by Gasteiger charge is -2.52. The number of nitrogens with two attached hydrogens (primary N) is 1. The fraction of sp³-hybridized carbons (Fsp3) is 0.478. The van der Waals surface area contributed by atoms with Crippen LogP contribution in [0.25, 0.3) is 0 Å². The molecule has 1 aromatic carbocycles. The van der Waals surface area contributed by atoms with Crippen LogP contribution in [0.4, 0.5) is 0 Å². The van der Waals surface area contributed by atoms with Gasteiger partial charge in [-0.25, -0.2) is 0 Å². The van der Waals surface area contributed by atoms with Gasteiger partial charge >= 0.3 is 0 Å². The number of carbonyl (C=O) groups excluding carboxylic acids is 6. The zero-order valence-electron chi connectivity index (χ0n) is 18.0. The first kappa shape index (κ1) is 22.2. The quantitative estimate of drug-likeness (QED) is 0.465. The number of rotatable bonds is 3. The number of benzene rings is 1. The topological polar surface area (TPSA) is 152 Å². The van der Waals surface area contributed by atoms with Gasteiger partial charge in [-0.1, -0.05) is 18.2 Å². The second-order valence-electron chi connectivity index (χ2n) is 9.18. The molecule has 6 atom stereocenters. The van der Waals surface area contributed by atoms with E-state index >= 15 is 0 Å². The molecule has 168 valence electrons. The SMILES string of the molecule is CC(=O)c1cccc2c1C[C@H]1C[C@H]3[C@H](N(C)C)C(=O)C(C(N)=O)C(=O)[C@@]3(O)C(=O)C1C2=O. The summed E-state index contributed by atoms with van der Waals surface area (Å²) in [6.07, 6.45) is 0.248. The number of nitrogens with zero attached hydrogens (tertiary/aromatic N) is 1. The van der Waals surface area contributed by atoms with E-state index in [2.05, 4.69) is 0 Å². The molecule has 0 spiro atoms. The number of fused-ring (bicyclic) bond motifs is 3. The Labute approximate surface area is 183 Å². The van der Waals surface area contributed by atoms with E-state index in [0.717, 1.165) is 0 Å². The van der Waals surface area contributed by atoms with Crippen molar-refractivity contribution >= 4 is 34.8 Å². The monoisotopic (exact) mass is 440 g/mol. The lowest BCUT2D eigenvalue weighted by atomic mass is 9.52. The van der Waals surface area contributed by atoms with Crippen LogP contribution in [-0.4, -0.2) is 70.6 Å². The highest BCUT2D eigenvalue weighted by molar-refractivity contribution is 6.32. The van der Waals surface area contributed by atoms with Crippen LogP contribution >= 0.6 is 0 Å². The number of likely N-dealkylation sites (N-methyl/N-ethyl adjacent to an activating group) is 1. The number of hydrogen-bond acceptors (Lipinski definition) is 8. The summed E-state index contributed by atoms with van der Waals surface area (Å²) in [6, 6.07) is 3.57. The van der Waals surface area contributed by atoms with Crippen molar-refractivity contribution in [1.29, 1.82) is 0 Å². The molecule has 9 heteroatoms. The van der Waals surface area contributed by atoms with Crippen molar-refractivity contribution in [3.8, 4) is 0 Å². The van der Waals surface area contributed by atoms with E-state index in [4.69, 9.17) is 5.73 Å². The van der Waals surface area contributed by atoms with Gasteiger partial charge in [-0.15, -0.1) is 0 Å². The third-order valence-electron chi connectivity index (χ3n) is 7.23. The molecule has 3 aliphatic rings. The molecule has 2 saturated carbocycles. The Morgan fingerprint density at radius 1 is 1.12 bits per heavy atom. The molecular formula is C23H24N2O7. The van der Waals surface area contributed by atoms with E-state index < -0.39 is 64.4 Å². The second-order valence-corrected chi connectivity index (χ2v) is 9.18. The predicted octanol–water partition coefficient (Wildman–Crippen LogP) is -0.636. The minimum atomic E-state index is -2.67. The lowest BCUT2D eigenvalue weighted by molar-refractivity contribution is -0.181. The molecule has 1 amide bonds. The largest absolute Gasteiger partial charge is 0.374 e. The van der Waals surface area contributed by atoms with Crippen LogP contribution in [0.5, 0.6) is 0 Å². The molecule has 0 heterocycles. The zero-order valence-corrected chi connectivity index (χ0v) is 18.0. The first-order valence-electron chi connectivity index (χ1n) is 10.4. The maximum atomic E-state index is 13.6. The van der Waals surface area contributed by atoms with E-state index in [9.17, 15) is 33.9 Å². The molecule has 3 aliphatic carbocycles. The van der Waals surface area contributed by atoms with Crippen molar-refractivity contribution in [2.45, 2.75) is 31.4 Å². The fourth-order valence-electron chi connectivity index (χ4n) is 5.86. The molecule has 9 nitrogen and oxygen atoms in total. The van der Waals surface area contributed by atoms with E-state index in [1.54, 1.807) is 26.2 Å². The summed E-state index contributed by atoms with van der Waals surface area (Å²) in [4.78, 5) is 78.5. The number of hydrogen-bond donors (Lipinski definition) is 2. The van der Waals surface area contributed by atoms with Crippen LogP contribution in [0.2, 0.25) is 0 Å². The first-order chi connectivity index (χ1) is 14.9. The van der Waals surface area contributed by atoms with Crippen LogP contribution in [0.1, 0.15) is 39.6 Å². The number of primary amides is 1. The van der Waals surface area contributed by atoms with Gasteiger partial charge in [-0.2, -0.15) is 0 Å². The number of aliphatic hydroxyl groups is 1. The maximum Gasteiger partial charge on any atom is 0.235 e. The van der Waals surface area contributed by atoms with Crippen LogP contribution in [0.3, 0.4) is 0 Å². The van der Waals surface area contributed by atoms with E-state index in [1.165, 1.54) is 17.9 Å². The molecule has 3 N–H and O–H groups in total. The molecule has 2 unspecified atom stereocenters. The van der Waals surface area contributed by atoms with E-state index in [1.807, 2.05) is 0 Å². The molecule has 2 fully saturated rings. The fourth-order valence-corrected chi connectivity index (χ4v) is 5.86. The van der Waals surface area contributed by atoms with Crippen LogP contribution in [0.15, 0.2) is 18.2 Å². The van der Waals surface area contributed by atoms with Gasteiger partial charge in [-0.3, -0.25) is 33.7 Å². The van der Waals surface area contributed by atoms with Crippen LogP contribution in [-0.2, 0) is 25.6 Å².